The van der Waals surface area contributed by atoms with Crippen molar-refractivity contribution in [1.29, 1.82) is 0 Å². The summed E-state index contributed by atoms with van der Waals surface area (Å²) >= 11 is 0. The van der Waals surface area contributed by atoms with Crippen LogP contribution < -0.4 is 5.11 Å². The van der Waals surface area contributed by atoms with Crippen LogP contribution in [0.4, 0.5) is 13.2 Å². The largest absolute Gasteiger partial charge is 0.550 e. The molecule has 0 aliphatic carbocycles. The van der Waals surface area contributed by atoms with E-state index < -0.39 is 23.6 Å². The highest BCUT2D eigenvalue weighted by Gasteiger charge is 2.30. The van der Waals surface area contributed by atoms with Gasteiger partial charge in [-0.3, -0.25) is 0 Å². The molecular weight excluding hydrogens is 209 g/mol. The van der Waals surface area contributed by atoms with Gasteiger partial charge in [-0.25, -0.2) is 0 Å². The van der Waals surface area contributed by atoms with E-state index in [4.69, 9.17) is 0 Å². The molecular formula is C10H8F3O2-. The summed E-state index contributed by atoms with van der Waals surface area (Å²) in [5, 5.41) is 10.4. The number of carbonyl (C=O) groups excluding carboxylic acids is 1. The molecule has 0 amide bonds. The molecule has 0 spiro atoms. The maximum Gasteiger partial charge on any atom is 0.416 e. The van der Waals surface area contributed by atoms with E-state index in [0.717, 1.165) is 24.3 Å². The summed E-state index contributed by atoms with van der Waals surface area (Å²) in [6.45, 7) is 1.36. The number of carbonyl (C=O) groups is 1. The molecule has 1 unspecified atom stereocenters. The summed E-state index contributed by atoms with van der Waals surface area (Å²) in [5.74, 6) is -2.22. The minimum absolute atomic E-state index is 0.294. The van der Waals surface area contributed by atoms with Crippen molar-refractivity contribution in [2.45, 2.75) is 19.0 Å². The SMILES string of the molecule is CC(C(=O)[O-])c1ccc(C(F)(F)F)cc1. The third kappa shape index (κ3) is 2.71. The first kappa shape index (κ1) is 11.6. The van der Waals surface area contributed by atoms with Crippen molar-refractivity contribution in [2.75, 3.05) is 0 Å². The number of alkyl halides is 3. The standard InChI is InChI=1S/C10H9F3O2/c1-6(9(14)15)7-2-4-8(5-3-7)10(11,12)13/h2-6H,1H3,(H,14,15)/p-1. The van der Waals surface area contributed by atoms with Gasteiger partial charge in [-0.05, 0) is 17.7 Å². The smallest absolute Gasteiger partial charge is 0.416 e. The quantitative estimate of drug-likeness (QED) is 0.754. The van der Waals surface area contributed by atoms with Crippen molar-refractivity contribution >= 4 is 5.97 Å². The Balaban J connectivity index is 2.95. The fraction of sp³-hybridized carbons (Fsp3) is 0.300. The molecule has 0 aliphatic rings. The van der Waals surface area contributed by atoms with E-state index in [2.05, 4.69) is 0 Å². The van der Waals surface area contributed by atoms with Crippen LogP contribution in [0.25, 0.3) is 0 Å². The lowest BCUT2D eigenvalue weighted by atomic mass is 10.00. The first-order chi connectivity index (χ1) is 6.82. The van der Waals surface area contributed by atoms with Crippen LogP contribution in [0.5, 0.6) is 0 Å². The molecule has 0 fully saturated rings. The molecule has 0 heterocycles. The lowest BCUT2D eigenvalue weighted by Gasteiger charge is -2.13. The third-order valence-corrected chi connectivity index (χ3v) is 2.09. The number of carboxylic acids is 1. The Morgan fingerprint density at radius 2 is 1.73 bits per heavy atom. The van der Waals surface area contributed by atoms with Crippen molar-refractivity contribution < 1.29 is 23.1 Å². The van der Waals surface area contributed by atoms with Crippen molar-refractivity contribution in [3.8, 4) is 0 Å². The molecule has 1 rings (SSSR count). The second-order valence-electron chi connectivity index (χ2n) is 3.16. The summed E-state index contributed by atoms with van der Waals surface area (Å²) in [7, 11) is 0. The van der Waals surface area contributed by atoms with Crippen molar-refractivity contribution in [1.82, 2.24) is 0 Å². The monoisotopic (exact) mass is 217 g/mol. The van der Waals surface area contributed by atoms with Crippen LogP contribution in [0.15, 0.2) is 24.3 Å². The van der Waals surface area contributed by atoms with E-state index >= 15 is 0 Å². The number of carboxylic acid groups (broad SMARTS) is 1. The molecule has 0 aliphatic heterocycles. The molecule has 82 valence electrons. The molecule has 1 atom stereocenters. The molecule has 0 bridgehead atoms. The van der Waals surface area contributed by atoms with Crippen LogP contribution in [0.2, 0.25) is 0 Å². The van der Waals surface area contributed by atoms with Crippen molar-refractivity contribution in [2.24, 2.45) is 0 Å². The van der Waals surface area contributed by atoms with Gasteiger partial charge in [-0.1, -0.05) is 19.1 Å². The third-order valence-electron chi connectivity index (χ3n) is 2.09. The van der Waals surface area contributed by atoms with E-state index in [1.807, 2.05) is 0 Å². The Hall–Kier alpha value is -1.52. The van der Waals surface area contributed by atoms with E-state index in [-0.39, 0.29) is 0 Å². The van der Waals surface area contributed by atoms with Gasteiger partial charge in [-0.15, -0.1) is 0 Å². The lowest BCUT2D eigenvalue weighted by molar-refractivity contribution is -0.307. The zero-order valence-electron chi connectivity index (χ0n) is 7.84. The van der Waals surface area contributed by atoms with Gasteiger partial charge in [0.25, 0.3) is 0 Å². The summed E-state index contributed by atoms with van der Waals surface area (Å²) in [4.78, 5) is 10.4. The lowest BCUT2D eigenvalue weighted by Crippen LogP contribution is -2.28. The minimum atomic E-state index is -4.40. The Kier molecular flexibility index (Phi) is 3.02. The minimum Gasteiger partial charge on any atom is -0.550 e. The highest BCUT2D eigenvalue weighted by molar-refractivity contribution is 5.73. The zero-order chi connectivity index (χ0) is 11.6. The molecule has 0 aromatic heterocycles. The van der Waals surface area contributed by atoms with Crippen molar-refractivity contribution in [3.63, 3.8) is 0 Å². The molecule has 0 N–H and O–H groups in total. The van der Waals surface area contributed by atoms with Crippen LogP contribution in [0.1, 0.15) is 24.0 Å². The number of aliphatic carboxylic acids is 1. The molecule has 0 saturated heterocycles. The topological polar surface area (TPSA) is 40.1 Å². The highest BCUT2D eigenvalue weighted by atomic mass is 19.4. The van der Waals surface area contributed by atoms with Gasteiger partial charge in [0.15, 0.2) is 0 Å². The number of rotatable bonds is 2. The number of halogens is 3. The zero-order valence-corrected chi connectivity index (χ0v) is 7.84. The van der Waals surface area contributed by atoms with E-state index in [0.29, 0.717) is 5.56 Å². The van der Waals surface area contributed by atoms with E-state index in [1.165, 1.54) is 6.92 Å². The molecule has 2 nitrogen and oxygen atoms in total. The van der Waals surface area contributed by atoms with Crippen molar-refractivity contribution in [3.05, 3.63) is 35.4 Å². The maximum absolute atomic E-state index is 12.2. The predicted molar refractivity (Wildman–Crippen MR) is 44.9 cm³/mol. The van der Waals surface area contributed by atoms with E-state index in [9.17, 15) is 23.1 Å². The predicted octanol–water partition coefficient (Wildman–Crippen LogP) is 1.56. The van der Waals surface area contributed by atoms with Gasteiger partial charge in [-0.2, -0.15) is 13.2 Å². The highest BCUT2D eigenvalue weighted by Crippen LogP contribution is 2.29. The maximum atomic E-state index is 12.2. The number of hydrogen-bond acceptors (Lipinski definition) is 2. The van der Waals surface area contributed by atoms with Gasteiger partial charge in [0, 0.05) is 11.9 Å². The summed E-state index contributed by atoms with van der Waals surface area (Å²) in [6.07, 6.45) is -4.40. The Labute approximate surface area is 84.3 Å². The fourth-order valence-electron chi connectivity index (χ4n) is 1.10. The Bertz CT molecular complexity index is 354. The average molecular weight is 217 g/mol. The molecule has 5 heteroatoms. The Morgan fingerprint density at radius 3 is 2.07 bits per heavy atom. The molecule has 1 aromatic rings. The van der Waals surface area contributed by atoms with Gasteiger partial charge < -0.3 is 9.90 Å². The van der Waals surface area contributed by atoms with Gasteiger partial charge in [0.1, 0.15) is 0 Å². The summed E-state index contributed by atoms with van der Waals surface area (Å²) in [6, 6.07) is 4.00. The summed E-state index contributed by atoms with van der Waals surface area (Å²) < 4.78 is 36.5. The second kappa shape index (κ2) is 3.92. The van der Waals surface area contributed by atoms with Gasteiger partial charge >= 0.3 is 6.18 Å². The number of hydrogen-bond donors (Lipinski definition) is 0. The van der Waals surface area contributed by atoms with Crippen LogP contribution in [-0.2, 0) is 11.0 Å². The normalized spacial score (nSPS) is 13.6. The molecule has 1 aromatic carbocycles. The second-order valence-corrected chi connectivity index (χ2v) is 3.16. The summed E-state index contributed by atoms with van der Waals surface area (Å²) in [5.41, 5.74) is -0.500. The van der Waals surface area contributed by atoms with Crippen LogP contribution in [0.3, 0.4) is 0 Å². The molecule has 15 heavy (non-hydrogen) atoms. The van der Waals surface area contributed by atoms with Gasteiger partial charge in [0.05, 0.1) is 5.56 Å². The average Bonchev–Trinajstić information content (AvgIpc) is 2.15. The first-order valence-corrected chi connectivity index (χ1v) is 4.20. The first-order valence-electron chi connectivity index (χ1n) is 4.20. The number of benzene rings is 1. The molecule has 0 saturated carbocycles. The van der Waals surface area contributed by atoms with Crippen LogP contribution in [-0.4, -0.2) is 5.97 Å². The van der Waals surface area contributed by atoms with Gasteiger partial charge in [0.2, 0.25) is 0 Å². The molecule has 0 radical (unpaired) electrons. The van der Waals surface area contributed by atoms with Crippen LogP contribution in [0, 0.1) is 0 Å². The van der Waals surface area contributed by atoms with Crippen LogP contribution >= 0.6 is 0 Å². The fourth-order valence-corrected chi connectivity index (χ4v) is 1.10. The van der Waals surface area contributed by atoms with E-state index in [1.54, 1.807) is 0 Å². The Morgan fingerprint density at radius 1 is 1.27 bits per heavy atom.